The number of carbonyl (C=O) groups excluding carboxylic acids is 1. The molecule has 0 radical (unpaired) electrons. The van der Waals surface area contributed by atoms with Crippen molar-refractivity contribution in [1.29, 1.82) is 0 Å². The summed E-state index contributed by atoms with van der Waals surface area (Å²) in [4.78, 5) is 18.2. The molecular weight excluding hydrogens is 283 g/mol. The third-order valence-electron chi connectivity index (χ3n) is 3.93. The van der Waals surface area contributed by atoms with E-state index in [2.05, 4.69) is 4.98 Å². The predicted molar refractivity (Wildman–Crippen MR) is 79.4 cm³/mol. The fraction of sp³-hybridized carbons (Fsp3) is 0.294. The Morgan fingerprint density at radius 2 is 2.09 bits per heavy atom. The summed E-state index contributed by atoms with van der Waals surface area (Å²) < 4.78 is 13.1. The Hall–Kier alpha value is -2.27. The summed E-state index contributed by atoms with van der Waals surface area (Å²) in [5, 5.41) is 9.92. The zero-order valence-corrected chi connectivity index (χ0v) is 12.0. The highest BCUT2D eigenvalue weighted by Crippen LogP contribution is 2.32. The van der Waals surface area contributed by atoms with Crippen molar-refractivity contribution in [3.63, 3.8) is 0 Å². The Balaban J connectivity index is 1.78. The normalized spacial score (nSPS) is 21.1. The highest BCUT2D eigenvalue weighted by atomic mass is 19.1. The van der Waals surface area contributed by atoms with Crippen molar-refractivity contribution in [3.8, 4) is 0 Å². The van der Waals surface area contributed by atoms with E-state index in [0.717, 1.165) is 11.1 Å². The Bertz CT molecular complexity index is 645. The first-order chi connectivity index (χ1) is 10.6. The van der Waals surface area contributed by atoms with E-state index in [4.69, 9.17) is 0 Å². The summed E-state index contributed by atoms with van der Waals surface area (Å²) in [7, 11) is 0. The number of pyridine rings is 1. The van der Waals surface area contributed by atoms with Gasteiger partial charge in [0.25, 0.3) is 0 Å². The lowest BCUT2D eigenvalue weighted by molar-refractivity contribution is -0.131. The first kappa shape index (κ1) is 14.7. The van der Waals surface area contributed by atoms with Gasteiger partial charge in [-0.2, -0.15) is 0 Å². The van der Waals surface area contributed by atoms with E-state index in [1.54, 1.807) is 35.5 Å². The topological polar surface area (TPSA) is 53.4 Å². The molecule has 1 N–H and O–H groups in total. The number of aliphatic hydroxyl groups excluding tert-OH is 1. The van der Waals surface area contributed by atoms with Crippen molar-refractivity contribution < 1.29 is 14.3 Å². The van der Waals surface area contributed by atoms with Crippen LogP contribution in [0.15, 0.2) is 48.8 Å². The Labute approximate surface area is 128 Å². The third-order valence-corrected chi connectivity index (χ3v) is 3.93. The molecule has 2 aromatic rings. The average molecular weight is 300 g/mol. The quantitative estimate of drug-likeness (QED) is 0.944. The molecule has 0 spiro atoms. The number of hydrogen-bond donors (Lipinski definition) is 1. The number of hydrogen-bond acceptors (Lipinski definition) is 3. The van der Waals surface area contributed by atoms with Crippen molar-refractivity contribution in [2.24, 2.45) is 0 Å². The molecule has 2 heterocycles. The van der Waals surface area contributed by atoms with Gasteiger partial charge in [-0.1, -0.05) is 18.2 Å². The van der Waals surface area contributed by atoms with E-state index < -0.39 is 6.10 Å². The van der Waals surface area contributed by atoms with Crippen LogP contribution in [0.1, 0.15) is 23.6 Å². The van der Waals surface area contributed by atoms with Crippen LogP contribution in [0.2, 0.25) is 0 Å². The van der Waals surface area contributed by atoms with Crippen molar-refractivity contribution in [2.45, 2.75) is 25.0 Å². The fourth-order valence-electron chi connectivity index (χ4n) is 2.87. The van der Waals surface area contributed by atoms with E-state index >= 15 is 0 Å². The van der Waals surface area contributed by atoms with Crippen LogP contribution < -0.4 is 0 Å². The first-order valence-electron chi connectivity index (χ1n) is 7.25. The maximum absolute atomic E-state index is 13.1. The number of rotatable bonds is 3. The number of aliphatic hydroxyl groups is 1. The van der Waals surface area contributed by atoms with Crippen LogP contribution in [0.25, 0.3) is 0 Å². The Morgan fingerprint density at radius 3 is 2.77 bits per heavy atom. The molecule has 1 aliphatic heterocycles. The maximum atomic E-state index is 13.1. The molecule has 1 amide bonds. The van der Waals surface area contributed by atoms with E-state index in [1.165, 1.54) is 12.1 Å². The largest absolute Gasteiger partial charge is 0.391 e. The first-order valence-corrected chi connectivity index (χ1v) is 7.25. The zero-order chi connectivity index (χ0) is 15.5. The molecule has 0 saturated carbocycles. The molecule has 0 unspecified atom stereocenters. The number of halogens is 1. The Kier molecular flexibility index (Phi) is 4.15. The van der Waals surface area contributed by atoms with Crippen molar-refractivity contribution >= 4 is 5.91 Å². The van der Waals surface area contributed by atoms with E-state index in [0.29, 0.717) is 13.0 Å². The van der Waals surface area contributed by atoms with Crippen LogP contribution in [-0.4, -0.2) is 33.5 Å². The summed E-state index contributed by atoms with van der Waals surface area (Å²) in [5.74, 6) is -0.366. The van der Waals surface area contributed by atoms with E-state index in [9.17, 15) is 14.3 Å². The van der Waals surface area contributed by atoms with Crippen molar-refractivity contribution in [2.75, 3.05) is 6.54 Å². The minimum Gasteiger partial charge on any atom is -0.391 e. The number of likely N-dealkylation sites (tertiary alicyclic amines) is 1. The van der Waals surface area contributed by atoms with Crippen LogP contribution in [0, 0.1) is 5.82 Å². The second kappa shape index (κ2) is 6.23. The molecule has 1 aliphatic rings. The zero-order valence-electron chi connectivity index (χ0n) is 12.0. The maximum Gasteiger partial charge on any atom is 0.227 e. The summed E-state index contributed by atoms with van der Waals surface area (Å²) in [6, 6.07) is 9.53. The number of nitrogens with zero attached hydrogens (tertiary/aromatic N) is 2. The molecule has 1 aromatic heterocycles. The number of β-amino-alcohol motifs (C(OH)–C–C–N with tert-alkyl or cyclic N) is 1. The van der Waals surface area contributed by atoms with Crippen molar-refractivity contribution in [3.05, 3.63) is 65.7 Å². The number of aromatic nitrogens is 1. The van der Waals surface area contributed by atoms with Crippen LogP contribution in [0.4, 0.5) is 4.39 Å². The number of benzene rings is 1. The van der Waals surface area contributed by atoms with Gasteiger partial charge in [0.1, 0.15) is 5.82 Å². The average Bonchev–Trinajstić information content (AvgIpc) is 2.91. The van der Waals surface area contributed by atoms with Gasteiger partial charge in [0.05, 0.1) is 18.6 Å². The molecule has 3 rings (SSSR count). The minimum absolute atomic E-state index is 0.0566. The second-order valence-electron chi connectivity index (χ2n) is 5.54. The molecule has 2 atom stereocenters. The van der Waals surface area contributed by atoms with Gasteiger partial charge in [-0.15, -0.1) is 0 Å². The SMILES string of the molecule is O=C(Cc1cccnc1)N1C[C@H](O)C[C@H]1c1ccc(F)cc1. The predicted octanol–water partition coefficient (Wildman–Crippen LogP) is 2.10. The number of carbonyl (C=O) groups is 1. The summed E-state index contributed by atoms with van der Waals surface area (Å²) >= 11 is 0. The Morgan fingerprint density at radius 1 is 1.32 bits per heavy atom. The molecule has 1 saturated heterocycles. The molecule has 4 nitrogen and oxygen atoms in total. The third kappa shape index (κ3) is 3.14. The van der Waals surface area contributed by atoms with E-state index in [1.807, 2.05) is 6.07 Å². The van der Waals surface area contributed by atoms with Crippen LogP contribution in [0.5, 0.6) is 0 Å². The number of amides is 1. The molecule has 1 aromatic carbocycles. The van der Waals surface area contributed by atoms with Gasteiger partial charge >= 0.3 is 0 Å². The lowest BCUT2D eigenvalue weighted by atomic mass is 10.0. The minimum atomic E-state index is -0.548. The smallest absolute Gasteiger partial charge is 0.227 e. The van der Waals surface area contributed by atoms with E-state index in [-0.39, 0.29) is 24.2 Å². The molecule has 0 bridgehead atoms. The summed E-state index contributed by atoms with van der Waals surface area (Å²) in [6.45, 7) is 0.307. The van der Waals surface area contributed by atoms with Gasteiger partial charge < -0.3 is 10.0 Å². The van der Waals surface area contributed by atoms with Gasteiger partial charge in [-0.3, -0.25) is 9.78 Å². The molecular formula is C17H17FN2O2. The van der Waals surface area contributed by atoms with Gasteiger partial charge in [-0.05, 0) is 35.7 Å². The highest BCUT2D eigenvalue weighted by molar-refractivity contribution is 5.79. The summed E-state index contributed by atoms with van der Waals surface area (Å²) in [6.07, 6.45) is 3.50. The highest BCUT2D eigenvalue weighted by Gasteiger charge is 2.35. The van der Waals surface area contributed by atoms with Gasteiger partial charge in [0.15, 0.2) is 0 Å². The lowest BCUT2D eigenvalue weighted by Crippen LogP contribution is -2.33. The standard InChI is InChI=1S/C17H17FN2O2/c18-14-5-3-13(4-6-14)16-9-15(21)11-20(16)17(22)8-12-2-1-7-19-10-12/h1-7,10,15-16,21H,8-9,11H2/t15-,16+/m1/s1. The van der Waals surface area contributed by atoms with Crippen LogP contribution >= 0.6 is 0 Å². The van der Waals surface area contributed by atoms with Crippen LogP contribution in [-0.2, 0) is 11.2 Å². The monoisotopic (exact) mass is 300 g/mol. The molecule has 5 heteroatoms. The molecule has 1 fully saturated rings. The summed E-state index contributed by atoms with van der Waals surface area (Å²) in [5.41, 5.74) is 1.68. The van der Waals surface area contributed by atoms with Gasteiger partial charge in [0.2, 0.25) is 5.91 Å². The van der Waals surface area contributed by atoms with Crippen LogP contribution in [0.3, 0.4) is 0 Å². The van der Waals surface area contributed by atoms with Gasteiger partial charge in [-0.25, -0.2) is 4.39 Å². The van der Waals surface area contributed by atoms with Crippen molar-refractivity contribution in [1.82, 2.24) is 9.88 Å². The molecule has 0 aliphatic carbocycles. The van der Waals surface area contributed by atoms with Gasteiger partial charge in [0, 0.05) is 18.9 Å². The molecule has 22 heavy (non-hydrogen) atoms. The molecule has 114 valence electrons. The fourth-order valence-corrected chi connectivity index (χ4v) is 2.87. The second-order valence-corrected chi connectivity index (χ2v) is 5.54. The lowest BCUT2D eigenvalue weighted by Gasteiger charge is -2.25.